The van der Waals surface area contributed by atoms with Crippen LogP contribution in [-0.2, 0) is 9.53 Å². The summed E-state index contributed by atoms with van der Waals surface area (Å²) in [5, 5.41) is 0. The molecule has 0 fully saturated rings. The second kappa shape index (κ2) is 5.72. The first kappa shape index (κ1) is 8.59. The van der Waals surface area contributed by atoms with Crippen molar-refractivity contribution >= 4 is 5.97 Å². The van der Waals surface area contributed by atoms with Crippen LogP contribution in [0.5, 0.6) is 0 Å². The fourth-order valence-corrected chi connectivity index (χ4v) is 0.341. The molecule has 0 aliphatic heterocycles. The minimum absolute atomic E-state index is 0.254. The smallest absolute Gasteiger partial charge is 0.384 e. The van der Waals surface area contributed by atoms with Gasteiger partial charge in [-0.25, -0.2) is 4.79 Å². The lowest BCUT2D eigenvalue weighted by Gasteiger charge is -1.93. The SMILES string of the molecule is C#CCCOC(=O)C#CC. The molecule has 0 aliphatic rings. The van der Waals surface area contributed by atoms with Gasteiger partial charge in [0, 0.05) is 12.3 Å². The lowest BCUT2D eigenvalue weighted by molar-refractivity contribution is -0.136. The number of esters is 1. The van der Waals surface area contributed by atoms with Gasteiger partial charge in [0.25, 0.3) is 0 Å². The predicted molar refractivity (Wildman–Crippen MR) is 37.9 cm³/mol. The maximum Gasteiger partial charge on any atom is 0.384 e. The monoisotopic (exact) mass is 136 g/mol. The average Bonchev–Trinajstić information content (AvgIpc) is 1.89. The molecule has 0 saturated heterocycles. The van der Waals surface area contributed by atoms with Crippen LogP contribution in [0.1, 0.15) is 13.3 Å². The summed E-state index contributed by atoms with van der Waals surface area (Å²) in [6, 6.07) is 0. The fraction of sp³-hybridized carbons (Fsp3) is 0.375. The maximum atomic E-state index is 10.5. The number of carbonyl (C=O) groups excluding carboxylic acids is 1. The van der Waals surface area contributed by atoms with Crippen LogP contribution in [0.25, 0.3) is 0 Å². The summed E-state index contributed by atoms with van der Waals surface area (Å²) in [6.45, 7) is 1.83. The molecule has 0 aromatic heterocycles. The number of rotatable bonds is 2. The third-order valence-electron chi connectivity index (χ3n) is 0.707. The summed E-state index contributed by atoms with van der Waals surface area (Å²) in [5.74, 6) is 6.47. The summed E-state index contributed by atoms with van der Waals surface area (Å²) in [5.41, 5.74) is 0. The number of ether oxygens (including phenoxy) is 1. The Morgan fingerprint density at radius 3 is 2.90 bits per heavy atom. The Bertz CT molecular complexity index is 200. The highest BCUT2D eigenvalue weighted by atomic mass is 16.5. The highest BCUT2D eigenvalue weighted by Crippen LogP contribution is 1.79. The average molecular weight is 136 g/mol. The predicted octanol–water partition coefficient (Wildman–Crippen LogP) is 0.576. The first-order valence-corrected chi connectivity index (χ1v) is 2.84. The third-order valence-corrected chi connectivity index (χ3v) is 0.707. The van der Waals surface area contributed by atoms with Crippen LogP contribution in [0.4, 0.5) is 0 Å². The highest BCUT2D eigenvalue weighted by molar-refractivity contribution is 5.88. The highest BCUT2D eigenvalue weighted by Gasteiger charge is 1.92. The van der Waals surface area contributed by atoms with Gasteiger partial charge in [-0.3, -0.25) is 0 Å². The molecule has 10 heavy (non-hydrogen) atoms. The van der Waals surface area contributed by atoms with E-state index in [1.54, 1.807) is 6.92 Å². The molecule has 0 bridgehead atoms. The number of terminal acetylenes is 1. The second-order valence-electron chi connectivity index (χ2n) is 1.47. The molecule has 0 aromatic rings. The summed E-state index contributed by atoms with van der Waals surface area (Å²) in [6.07, 6.45) is 5.35. The van der Waals surface area contributed by atoms with E-state index in [0.717, 1.165) is 0 Å². The Hall–Kier alpha value is -1.41. The molecule has 0 rings (SSSR count). The van der Waals surface area contributed by atoms with Gasteiger partial charge in [-0.15, -0.1) is 12.3 Å². The lowest BCUT2D eigenvalue weighted by Crippen LogP contribution is -2.01. The van der Waals surface area contributed by atoms with E-state index in [4.69, 9.17) is 6.42 Å². The Kier molecular flexibility index (Phi) is 4.91. The number of carbonyl (C=O) groups is 1. The van der Waals surface area contributed by atoms with Crippen molar-refractivity contribution in [3.05, 3.63) is 0 Å². The Balaban J connectivity index is 3.39. The summed E-state index contributed by atoms with van der Waals surface area (Å²) in [4.78, 5) is 10.5. The third kappa shape index (κ3) is 4.74. The van der Waals surface area contributed by atoms with Crippen molar-refractivity contribution < 1.29 is 9.53 Å². The molecule has 0 aliphatic carbocycles. The normalized spacial score (nSPS) is 6.80. The molecule has 0 saturated carbocycles. The van der Waals surface area contributed by atoms with Crippen LogP contribution in [-0.4, -0.2) is 12.6 Å². The molecule has 0 unspecified atom stereocenters. The molecule has 0 heterocycles. The van der Waals surface area contributed by atoms with Gasteiger partial charge in [-0.2, -0.15) is 0 Å². The van der Waals surface area contributed by atoms with Crippen LogP contribution in [0.15, 0.2) is 0 Å². The van der Waals surface area contributed by atoms with E-state index in [9.17, 15) is 4.79 Å². The number of hydrogen-bond donors (Lipinski definition) is 0. The number of hydrogen-bond acceptors (Lipinski definition) is 2. The van der Waals surface area contributed by atoms with Crippen molar-refractivity contribution in [2.45, 2.75) is 13.3 Å². The van der Waals surface area contributed by atoms with Crippen molar-refractivity contribution in [3.8, 4) is 24.2 Å². The molecule has 52 valence electrons. The molecule has 0 aromatic carbocycles. The van der Waals surface area contributed by atoms with Crippen molar-refractivity contribution in [2.75, 3.05) is 6.61 Å². The minimum atomic E-state index is -0.516. The van der Waals surface area contributed by atoms with Gasteiger partial charge in [0.2, 0.25) is 0 Å². The van der Waals surface area contributed by atoms with Crippen molar-refractivity contribution in [3.63, 3.8) is 0 Å². The van der Waals surface area contributed by atoms with E-state index in [1.165, 1.54) is 0 Å². The van der Waals surface area contributed by atoms with Crippen LogP contribution < -0.4 is 0 Å². The van der Waals surface area contributed by atoms with E-state index in [1.807, 2.05) is 0 Å². The van der Waals surface area contributed by atoms with Crippen LogP contribution in [0.3, 0.4) is 0 Å². The largest absolute Gasteiger partial charge is 0.455 e. The van der Waals surface area contributed by atoms with Crippen LogP contribution >= 0.6 is 0 Å². The molecule has 0 N–H and O–H groups in total. The van der Waals surface area contributed by atoms with E-state index >= 15 is 0 Å². The molecule has 0 atom stereocenters. The molecule has 0 spiro atoms. The van der Waals surface area contributed by atoms with Gasteiger partial charge in [0.15, 0.2) is 0 Å². The van der Waals surface area contributed by atoms with E-state index in [0.29, 0.717) is 6.42 Å². The molecule has 2 heteroatoms. The summed E-state index contributed by atoms with van der Waals surface area (Å²) >= 11 is 0. The fourth-order valence-electron chi connectivity index (χ4n) is 0.341. The van der Waals surface area contributed by atoms with Gasteiger partial charge in [-0.1, -0.05) is 5.92 Å². The van der Waals surface area contributed by atoms with Crippen molar-refractivity contribution in [1.29, 1.82) is 0 Å². The molecular formula is C8H8O2. The van der Waals surface area contributed by atoms with E-state index in [-0.39, 0.29) is 6.61 Å². The van der Waals surface area contributed by atoms with E-state index < -0.39 is 5.97 Å². The quantitative estimate of drug-likeness (QED) is 0.240. The van der Waals surface area contributed by atoms with Gasteiger partial charge >= 0.3 is 5.97 Å². The van der Waals surface area contributed by atoms with Crippen molar-refractivity contribution in [2.24, 2.45) is 0 Å². The van der Waals surface area contributed by atoms with Gasteiger partial charge in [0.05, 0.1) is 0 Å². The topological polar surface area (TPSA) is 26.3 Å². The van der Waals surface area contributed by atoms with Crippen LogP contribution in [0, 0.1) is 24.2 Å². The Labute approximate surface area is 60.6 Å². The first-order chi connectivity index (χ1) is 4.81. The van der Waals surface area contributed by atoms with Gasteiger partial charge < -0.3 is 4.74 Å². The second-order valence-corrected chi connectivity index (χ2v) is 1.47. The standard InChI is InChI=1S/C8H8O2/c1-3-5-7-10-8(9)6-4-2/h1H,5,7H2,2H3. The zero-order valence-corrected chi connectivity index (χ0v) is 5.81. The van der Waals surface area contributed by atoms with Gasteiger partial charge in [0.1, 0.15) is 6.61 Å². The Morgan fingerprint density at radius 1 is 1.70 bits per heavy atom. The van der Waals surface area contributed by atoms with E-state index in [2.05, 4.69) is 22.5 Å². The maximum absolute atomic E-state index is 10.5. The van der Waals surface area contributed by atoms with Crippen LogP contribution in [0.2, 0.25) is 0 Å². The van der Waals surface area contributed by atoms with Crippen molar-refractivity contribution in [1.82, 2.24) is 0 Å². The first-order valence-electron chi connectivity index (χ1n) is 2.84. The minimum Gasteiger partial charge on any atom is -0.455 e. The molecular weight excluding hydrogens is 128 g/mol. The molecule has 2 nitrogen and oxygen atoms in total. The summed E-state index contributed by atoms with van der Waals surface area (Å²) < 4.78 is 4.57. The molecule has 0 radical (unpaired) electrons. The lowest BCUT2D eigenvalue weighted by atomic mass is 10.5. The van der Waals surface area contributed by atoms with Gasteiger partial charge in [-0.05, 0) is 6.92 Å². The molecule has 0 amide bonds. The Morgan fingerprint density at radius 2 is 2.40 bits per heavy atom. The summed E-state index contributed by atoms with van der Waals surface area (Å²) in [7, 11) is 0. The zero-order chi connectivity index (χ0) is 7.82. The zero-order valence-electron chi connectivity index (χ0n) is 5.81.